The summed E-state index contributed by atoms with van der Waals surface area (Å²) in [5.74, 6) is 0.140. The van der Waals surface area contributed by atoms with E-state index < -0.39 is 0 Å². The molecule has 1 amide bonds. The Hall–Kier alpha value is -0.900. The van der Waals surface area contributed by atoms with Crippen LogP contribution in [0.3, 0.4) is 0 Å². The molecule has 0 aliphatic carbocycles. The molecule has 0 spiro atoms. The summed E-state index contributed by atoms with van der Waals surface area (Å²) in [6, 6.07) is 0. The number of thiazole rings is 1. The van der Waals surface area contributed by atoms with Gasteiger partial charge in [0.1, 0.15) is 0 Å². The molecule has 0 fully saturated rings. The van der Waals surface area contributed by atoms with Gasteiger partial charge in [0.05, 0.1) is 17.7 Å². The van der Waals surface area contributed by atoms with Crippen LogP contribution in [0.1, 0.15) is 24.4 Å². The van der Waals surface area contributed by atoms with E-state index in [9.17, 15) is 4.79 Å². The number of aromatic nitrogens is 1. The van der Waals surface area contributed by atoms with Crippen molar-refractivity contribution in [3.05, 3.63) is 16.1 Å². The topological polar surface area (TPSA) is 42.0 Å². The Morgan fingerprint density at radius 3 is 2.85 bits per heavy atom. The molecule has 1 rings (SSSR count). The summed E-state index contributed by atoms with van der Waals surface area (Å²) in [7, 11) is 0. The van der Waals surface area contributed by atoms with Gasteiger partial charge in [0, 0.05) is 10.8 Å². The Kier molecular flexibility index (Phi) is 3.42. The fourth-order valence-electron chi connectivity index (χ4n) is 0.867. The highest BCUT2D eigenvalue weighted by Gasteiger charge is 2.07. The molecule has 4 heteroatoms. The van der Waals surface area contributed by atoms with Gasteiger partial charge in [-0.3, -0.25) is 4.79 Å². The van der Waals surface area contributed by atoms with Gasteiger partial charge in [-0.05, 0) is 6.92 Å². The van der Waals surface area contributed by atoms with Crippen LogP contribution in [0, 0.1) is 12.8 Å². The molecule has 0 aliphatic heterocycles. The number of rotatable bonds is 3. The molecule has 1 N–H and O–H groups in total. The van der Waals surface area contributed by atoms with Gasteiger partial charge >= 0.3 is 0 Å². The third-order valence-electron chi connectivity index (χ3n) is 1.79. The van der Waals surface area contributed by atoms with Gasteiger partial charge in [0.15, 0.2) is 0 Å². The molecule has 0 aliphatic rings. The number of nitrogens with zero attached hydrogens (tertiary/aromatic N) is 1. The van der Waals surface area contributed by atoms with Crippen LogP contribution in [0.15, 0.2) is 5.51 Å². The van der Waals surface area contributed by atoms with Gasteiger partial charge in [-0.15, -0.1) is 11.3 Å². The maximum absolute atomic E-state index is 11.2. The molecular weight excluding hydrogens is 184 g/mol. The molecule has 1 aromatic rings. The first kappa shape index (κ1) is 10.2. The van der Waals surface area contributed by atoms with Crippen molar-refractivity contribution in [3.63, 3.8) is 0 Å². The Labute approximate surface area is 82.2 Å². The van der Waals surface area contributed by atoms with Crippen molar-refractivity contribution in [1.29, 1.82) is 0 Å². The molecule has 0 aromatic carbocycles. The second-order valence-electron chi connectivity index (χ2n) is 3.23. The first-order chi connectivity index (χ1) is 6.11. The van der Waals surface area contributed by atoms with Crippen LogP contribution in [-0.2, 0) is 11.3 Å². The lowest BCUT2D eigenvalue weighted by Crippen LogP contribution is -2.26. The van der Waals surface area contributed by atoms with E-state index in [1.807, 2.05) is 20.8 Å². The van der Waals surface area contributed by atoms with Crippen molar-refractivity contribution < 1.29 is 4.79 Å². The van der Waals surface area contributed by atoms with E-state index in [0.29, 0.717) is 6.54 Å². The second-order valence-corrected chi connectivity index (χ2v) is 4.17. The average molecular weight is 198 g/mol. The Bertz CT molecular complexity index is 294. The molecule has 3 nitrogen and oxygen atoms in total. The van der Waals surface area contributed by atoms with Gasteiger partial charge in [0.25, 0.3) is 0 Å². The summed E-state index contributed by atoms with van der Waals surface area (Å²) >= 11 is 1.58. The normalized spacial score (nSPS) is 10.5. The van der Waals surface area contributed by atoms with Crippen molar-refractivity contribution in [2.75, 3.05) is 0 Å². The largest absolute Gasteiger partial charge is 0.351 e. The van der Waals surface area contributed by atoms with Crippen LogP contribution in [-0.4, -0.2) is 10.9 Å². The van der Waals surface area contributed by atoms with Crippen LogP contribution < -0.4 is 5.32 Å². The van der Waals surface area contributed by atoms with Crippen LogP contribution in [0.2, 0.25) is 0 Å². The quantitative estimate of drug-likeness (QED) is 0.803. The van der Waals surface area contributed by atoms with E-state index in [2.05, 4.69) is 10.3 Å². The van der Waals surface area contributed by atoms with Crippen LogP contribution >= 0.6 is 11.3 Å². The first-order valence-electron chi connectivity index (χ1n) is 4.28. The Morgan fingerprint density at radius 1 is 1.69 bits per heavy atom. The van der Waals surface area contributed by atoms with Crippen molar-refractivity contribution in [2.45, 2.75) is 27.3 Å². The molecule has 1 heterocycles. The molecule has 0 radical (unpaired) electrons. The summed E-state index contributed by atoms with van der Waals surface area (Å²) in [4.78, 5) is 16.5. The van der Waals surface area contributed by atoms with Gasteiger partial charge in [0.2, 0.25) is 5.91 Å². The summed E-state index contributed by atoms with van der Waals surface area (Å²) in [5.41, 5.74) is 2.81. The monoisotopic (exact) mass is 198 g/mol. The van der Waals surface area contributed by atoms with Gasteiger partial charge < -0.3 is 5.32 Å². The third kappa shape index (κ3) is 2.81. The molecule has 0 unspecified atom stereocenters. The zero-order valence-electron chi connectivity index (χ0n) is 8.13. The predicted octanol–water partition coefficient (Wildman–Crippen LogP) is 1.72. The van der Waals surface area contributed by atoms with Gasteiger partial charge in [-0.2, -0.15) is 0 Å². The van der Waals surface area contributed by atoms with Crippen molar-refractivity contribution in [3.8, 4) is 0 Å². The minimum Gasteiger partial charge on any atom is -0.351 e. The molecule has 1 aromatic heterocycles. The minimum absolute atomic E-state index is 0.0493. The number of amides is 1. The number of hydrogen-bond acceptors (Lipinski definition) is 3. The van der Waals surface area contributed by atoms with Crippen LogP contribution in [0.5, 0.6) is 0 Å². The number of nitrogens with one attached hydrogen (secondary N) is 1. The Morgan fingerprint density at radius 2 is 2.38 bits per heavy atom. The van der Waals surface area contributed by atoms with Crippen LogP contribution in [0.25, 0.3) is 0 Å². The van der Waals surface area contributed by atoms with Crippen LogP contribution in [0.4, 0.5) is 0 Å². The van der Waals surface area contributed by atoms with Crippen molar-refractivity contribution >= 4 is 17.2 Å². The fourth-order valence-corrected chi connectivity index (χ4v) is 1.58. The number of hydrogen-bond donors (Lipinski definition) is 1. The molecule has 72 valence electrons. The minimum atomic E-state index is 0.0493. The van der Waals surface area contributed by atoms with E-state index in [0.717, 1.165) is 10.6 Å². The first-order valence-corrected chi connectivity index (χ1v) is 5.16. The zero-order chi connectivity index (χ0) is 9.84. The average Bonchev–Trinajstić information content (AvgIpc) is 2.47. The van der Waals surface area contributed by atoms with Crippen molar-refractivity contribution in [1.82, 2.24) is 10.3 Å². The number of carbonyl (C=O) groups excluding carboxylic acids is 1. The molecule has 0 atom stereocenters. The highest BCUT2D eigenvalue weighted by Crippen LogP contribution is 2.11. The lowest BCUT2D eigenvalue weighted by atomic mass is 10.2. The highest BCUT2D eigenvalue weighted by molar-refractivity contribution is 7.09. The summed E-state index contributed by atoms with van der Waals surface area (Å²) in [6.45, 7) is 6.32. The lowest BCUT2D eigenvalue weighted by molar-refractivity contribution is -0.124. The van der Waals surface area contributed by atoms with E-state index >= 15 is 0 Å². The van der Waals surface area contributed by atoms with Gasteiger partial charge in [-0.25, -0.2) is 4.98 Å². The summed E-state index contributed by atoms with van der Waals surface area (Å²) in [5, 5.41) is 2.86. The van der Waals surface area contributed by atoms with E-state index in [1.54, 1.807) is 16.8 Å². The Balaban J connectivity index is 2.44. The fraction of sp³-hybridized carbons (Fsp3) is 0.556. The molecule has 0 bridgehead atoms. The molecule has 13 heavy (non-hydrogen) atoms. The molecular formula is C9H14N2OS. The molecule has 0 saturated heterocycles. The predicted molar refractivity (Wildman–Crippen MR) is 53.5 cm³/mol. The van der Waals surface area contributed by atoms with E-state index in [4.69, 9.17) is 0 Å². The lowest BCUT2D eigenvalue weighted by Gasteiger charge is -2.05. The zero-order valence-corrected chi connectivity index (χ0v) is 8.94. The van der Waals surface area contributed by atoms with Crippen molar-refractivity contribution in [2.24, 2.45) is 5.92 Å². The number of aryl methyl sites for hydroxylation is 1. The molecule has 0 saturated carbocycles. The summed E-state index contributed by atoms with van der Waals surface area (Å²) < 4.78 is 0. The second kappa shape index (κ2) is 4.37. The standard InChI is InChI=1S/C9H14N2OS/c1-6(2)9(12)10-4-8-7(3)11-5-13-8/h5-6H,4H2,1-3H3,(H,10,12). The van der Waals surface area contributed by atoms with Gasteiger partial charge in [-0.1, -0.05) is 13.8 Å². The highest BCUT2D eigenvalue weighted by atomic mass is 32.1. The summed E-state index contributed by atoms with van der Waals surface area (Å²) in [6.07, 6.45) is 0. The smallest absolute Gasteiger partial charge is 0.222 e. The maximum Gasteiger partial charge on any atom is 0.222 e. The third-order valence-corrected chi connectivity index (χ3v) is 2.73. The van der Waals surface area contributed by atoms with E-state index in [1.165, 1.54) is 0 Å². The maximum atomic E-state index is 11.2. The SMILES string of the molecule is Cc1ncsc1CNC(=O)C(C)C. The van der Waals surface area contributed by atoms with E-state index in [-0.39, 0.29) is 11.8 Å². The number of carbonyl (C=O) groups is 1.